The molecule has 0 unspecified atom stereocenters. The summed E-state index contributed by atoms with van der Waals surface area (Å²) < 4.78 is 0. The highest BCUT2D eigenvalue weighted by Gasteiger charge is 2.22. The Balaban J connectivity index is 1.58. The third kappa shape index (κ3) is 4.04. The van der Waals surface area contributed by atoms with E-state index < -0.39 is 0 Å². The molecule has 0 spiro atoms. The van der Waals surface area contributed by atoms with Gasteiger partial charge in [0, 0.05) is 52.0 Å². The fraction of sp³-hybridized carbons (Fsp3) is 0.421. The first-order valence-corrected chi connectivity index (χ1v) is 8.82. The first-order valence-electron chi connectivity index (χ1n) is 8.82. The molecule has 138 valence electrons. The van der Waals surface area contributed by atoms with E-state index in [1.165, 1.54) is 11.1 Å². The quantitative estimate of drug-likeness (QED) is 0.917. The molecule has 7 nitrogen and oxygen atoms in total. The molecule has 1 N–H and O–H groups in total. The molecule has 0 bridgehead atoms. The van der Waals surface area contributed by atoms with E-state index in [1.54, 1.807) is 6.20 Å². The smallest absolute Gasteiger partial charge is 0.321 e. The highest BCUT2D eigenvalue weighted by molar-refractivity contribution is 5.89. The number of aryl methyl sites for hydroxylation is 2. The van der Waals surface area contributed by atoms with Crippen LogP contribution in [0.5, 0.6) is 0 Å². The SMILES string of the molecule is Cc1ccc(NC(=O)N2CCN(c3cc(N(C)C)cnn3)CC2)cc1C. The summed E-state index contributed by atoms with van der Waals surface area (Å²) in [4.78, 5) is 18.5. The van der Waals surface area contributed by atoms with Crippen LogP contribution in [0.3, 0.4) is 0 Å². The number of carbonyl (C=O) groups is 1. The number of amides is 2. The topological polar surface area (TPSA) is 64.6 Å². The molecule has 2 aromatic rings. The average Bonchev–Trinajstić information content (AvgIpc) is 2.65. The molecule has 26 heavy (non-hydrogen) atoms. The number of anilines is 3. The Hall–Kier alpha value is -2.83. The maximum atomic E-state index is 12.5. The van der Waals surface area contributed by atoms with Crippen molar-refractivity contribution in [3.8, 4) is 0 Å². The molecule has 1 aliphatic heterocycles. The van der Waals surface area contributed by atoms with Crippen LogP contribution in [-0.2, 0) is 0 Å². The average molecular weight is 354 g/mol. The molecular weight excluding hydrogens is 328 g/mol. The van der Waals surface area contributed by atoms with Crippen molar-refractivity contribution >= 4 is 23.2 Å². The van der Waals surface area contributed by atoms with E-state index in [9.17, 15) is 4.79 Å². The molecule has 3 rings (SSSR count). The number of rotatable bonds is 3. The normalized spacial score (nSPS) is 14.3. The standard InChI is InChI=1S/C19H26N6O/c1-14-5-6-16(11-15(14)2)21-19(26)25-9-7-24(8-10-25)18-12-17(23(3)4)13-20-22-18/h5-6,11-13H,7-10H2,1-4H3,(H,21,26). The minimum absolute atomic E-state index is 0.0546. The molecule has 0 aliphatic carbocycles. The van der Waals surface area contributed by atoms with E-state index >= 15 is 0 Å². The highest BCUT2D eigenvalue weighted by Crippen LogP contribution is 2.19. The maximum Gasteiger partial charge on any atom is 0.321 e. The summed E-state index contributed by atoms with van der Waals surface area (Å²) >= 11 is 0. The zero-order chi connectivity index (χ0) is 18.7. The van der Waals surface area contributed by atoms with Gasteiger partial charge in [0.15, 0.2) is 5.82 Å². The van der Waals surface area contributed by atoms with Crippen LogP contribution in [0.25, 0.3) is 0 Å². The number of benzene rings is 1. The molecular formula is C19H26N6O. The van der Waals surface area contributed by atoms with Gasteiger partial charge in [-0.25, -0.2) is 4.79 Å². The maximum absolute atomic E-state index is 12.5. The molecule has 2 amide bonds. The Morgan fingerprint density at radius 1 is 1.08 bits per heavy atom. The van der Waals surface area contributed by atoms with Gasteiger partial charge in [-0.3, -0.25) is 0 Å². The lowest BCUT2D eigenvalue weighted by atomic mass is 10.1. The molecule has 2 heterocycles. The third-order valence-electron chi connectivity index (χ3n) is 4.79. The second-order valence-corrected chi connectivity index (χ2v) is 6.87. The van der Waals surface area contributed by atoms with Crippen LogP contribution >= 0.6 is 0 Å². The van der Waals surface area contributed by atoms with Crippen LogP contribution in [0.4, 0.5) is 22.0 Å². The fourth-order valence-corrected chi connectivity index (χ4v) is 2.91. The zero-order valence-electron chi connectivity index (χ0n) is 15.9. The monoisotopic (exact) mass is 354 g/mol. The molecule has 1 fully saturated rings. The summed E-state index contributed by atoms with van der Waals surface area (Å²) in [6.45, 7) is 6.91. The first-order chi connectivity index (χ1) is 12.4. The zero-order valence-corrected chi connectivity index (χ0v) is 15.9. The lowest BCUT2D eigenvalue weighted by molar-refractivity contribution is 0.208. The van der Waals surface area contributed by atoms with Crippen LogP contribution in [0, 0.1) is 13.8 Å². The summed E-state index contributed by atoms with van der Waals surface area (Å²) in [5.74, 6) is 0.852. The fourth-order valence-electron chi connectivity index (χ4n) is 2.91. The Labute approximate surface area is 154 Å². The van der Waals surface area contributed by atoms with Gasteiger partial charge in [0.1, 0.15) is 0 Å². The van der Waals surface area contributed by atoms with Gasteiger partial charge in [-0.2, -0.15) is 5.10 Å². The van der Waals surface area contributed by atoms with E-state index in [0.29, 0.717) is 13.1 Å². The van der Waals surface area contributed by atoms with E-state index in [-0.39, 0.29) is 6.03 Å². The third-order valence-corrected chi connectivity index (χ3v) is 4.79. The Morgan fingerprint density at radius 3 is 2.46 bits per heavy atom. The van der Waals surface area contributed by atoms with Gasteiger partial charge in [-0.1, -0.05) is 6.07 Å². The summed E-state index contributed by atoms with van der Waals surface area (Å²) in [7, 11) is 3.96. The van der Waals surface area contributed by atoms with Crippen molar-refractivity contribution in [3.05, 3.63) is 41.6 Å². The lowest BCUT2D eigenvalue weighted by Gasteiger charge is -2.35. The van der Waals surface area contributed by atoms with E-state index in [1.807, 2.05) is 55.1 Å². The largest absolute Gasteiger partial charge is 0.376 e. The van der Waals surface area contributed by atoms with Crippen LogP contribution in [0.1, 0.15) is 11.1 Å². The van der Waals surface area contributed by atoms with Gasteiger partial charge in [-0.05, 0) is 37.1 Å². The molecule has 1 aliphatic rings. The van der Waals surface area contributed by atoms with Crippen molar-refractivity contribution in [1.29, 1.82) is 0 Å². The summed E-state index contributed by atoms with van der Waals surface area (Å²) in [5, 5.41) is 11.3. The predicted octanol–water partition coefficient (Wildman–Crippen LogP) is 2.51. The van der Waals surface area contributed by atoms with Crippen LogP contribution in [0.2, 0.25) is 0 Å². The van der Waals surface area contributed by atoms with Crippen molar-refractivity contribution in [1.82, 2.24) is 15.1 Å². The second-order valence-electron chi connectivity index (χ2n) is 6.87. The molecule has 1 saturated heterocycles. The minimum Gasteiger partial charge on any atom is -0.376 e. The van der Waals surface area contributed by atoms with Gasteiger partial charge in [0.05, 0.1) is 11.9 Å². The molecule has 0 atom stereocenters. The minimum atomic E-state index is -0.0546. The van der Waals surface area contributed by atoms with Crippen molar-refractivity contribution in [2.75, 3.05) is 55.4 Å². The Morgan fingerprint density at radius 2 is 1.81 bits per heavy atom. The number of carbonyl (C=O) groups excluding carboxylic acids is 1. The van der Waals surface area contributed by atoms with E-state index in [4.69, 9.17) is 0 Å². The van der Waals surface area contributed by atoms with Crippen molar-refractivity contribution in [2.24, 2.45) is 0 Å². The first kappa shape index (κ1) is 18.0. The van der Waals surface area contributed by atoms with Gasteiger partial charge >= 0.3 is 6.03 Å². The molecule has 1 aromatic carbocycles. The Bertz CT molecular complexity index is 783. The van der Waals surface area contributed by atoms with Crippen LogP contribution in [0.15, 0.2) is 30.5 Å². The summed E-state index contributed by atoms with van der Waals surface area (Å²) in [6, 6.07) is 7.95. The summed E-state index contributed by atoms with van der Waals surface area (Å²) in [5.41, 5.74) is 4.25. The van der Waals surface area contributed by atoms with Gasteiger partial charge in [0.25, 0.3) is 0 Å². The molecule has 0 radical (unpaired) electrons. The van der Waals surface area contributed by atoms with Crippen molar-refractivity contribution in [3.63, 3.8) is 0 Å². The van der Waals surface area contributed by atoms with Gasteiger partial charge in [0.2, 0.25) is 0 Å². The number of hydrogen-bond acceptors (Lipinski definition) is 5. The number of nitrogens with one attached hydrogen (secondary N) is 1. The van der Waals surface area contributed by atoms with E-state index in [2.05, 4.69) is 27.3 Å². The van der Waals surface area contributed by atoms with E-state index in [0.717, 1.165) is 30.3 Å². The van der Waals surface area contributed by atoms with Gasteiger partial charge in [-0.15, -0.1) is 5.10 Å². The van der Waals surface area contributed by atoms with Crippen molar-refractivity contribution < 1.29 is 4.79 Å². The number of nitrogens with zero attached hydrogens (tertiary/aromatic N) is 5. The number of piperazine rings is 1. The van der Waals surface area contributed by atoms with Gasteiger partial charge < -0.3 is 20.0 Å². The summed E-state index contributed by atoms with van der Waals surface area (Å²) in [6.07, 6.45) is 1.75. The molecule has 0 saturated carbocycles. The van der Waals surface area contributed by atoms with Crippen molar-refractivity contribution in [2.45, 2.75) is 13.8 Å². The Kier molecular flexibility index (Phi) is 5.25. The number of hydrogen-bond donors (Lipinski definition) is 1. The van der Waals surface area contributed by atoms with Crippen LogP contribution < -0.4 is 15.1 Å². The second kappa shape index (κ2) is 7.59. The predicted molar refractivity (Wildman–Crippen MR) is 105 cm³/mol. The lowest BCUT2D eigenvalue weighted by Crippen LogP contribution is -2.50. The number of aromatic nitrogens is 2. The molecule has 7 heteroatoms. The van der Waals surface area contributed by atoms with Crippen LogP contribution in [-0.4, -0.2) is 61.4 Å². The highest BCUT2D eigenvalue weighted by atomic mass is 16.2. The number of urea groups is 1. The molecule has 1 aromatic heterocycles.